The minimum atomic E-state index is -0.154. The van der Waals surface area contributed by atoms with Crippen molar-refractivity contribution >= 4 is 50.0 Å². The van der Waals surface area contributed by atoms with Crippen LogP contribution in [0.15, 0.2) is 80.5 Å². The summed E-state index contributed by atoms with van der Waals surface area (Å²) in [5.41, 5.74) is 1.65. The van der Waals surface area contributed by atoms with Crippen molar-refractivity contribution in [1.82, 2.24) is 28.5 Å². The number of allylic oxidation sites excluding steroid dienone is 1. The lowest BCUT2D eigenvalue weighted by molar-refractivity contribution is 0.783. The summed E-state index contributed by atoms with van der Waals surface area (Å²) in [7, 11) is 0. The Labute approximate surface area is 188 Å². The number of para-hydroxylation sites is 1. The van der Waals surface area contributed by atoms with Gasteiger partial charge in [0.2, 0.25) is 5.78 Å². The molecule has 5 aromatic rings. The van der Waals surface area contributed by atoms with Gasteiger partial charge in [-0.05, 0) is 40.2 Å². The van der Waals surface area contributed by atoms with E-state index in [4.69, 9.17) is 0 Å². The fraction of sp³-hybridized carbons (Fsp3) is 0.0952. The molecule has 0 aliphatic rings. The average molecular weight is 495 g/mol. The zero-order valence-corrected chi connectivity index (χ0v) is 18.5. The van der Waals surface area contributed by atoms with Crippen molar-refractivity contribution in [3.63, 3.8) is 0 Å². The summed E-state index contributed by atoms with van der Waals surface area (Å²) < 4.78 is 5.70. The molecule has 0 saturated carbocycles. The van der Waals surface area contributed by atoms with Crippen LogP contribution >= 0.6 is 27.7 Å². The van der Waals surface area contributed by atoms with Gasteiger partial charge in [0.25, 0.3) is 11.1 Å². The smallest absolute Gasteiger partial charge is 0.263 e. The number of hydrogen-bond donors (Lipinski definition) is 0. The Hall–Kier alpha value is -3.24. The zero-order chi connectivity index (χ0) is 21.5. The van der Waals surface area contributed by atoms with E-state index in [1.54, 1.807) is 29.0 Å². The van der Waals surface area contributed by atoms with Gasteiger partial charge in [0.05, 0.1) is 16.6 Å². The maximum absolute atomic E-state index is 12.9. The quantitative estimate of drug-likeness (QED) is 0.275. The van der Waals surface area contributed by atoms with E-state index >= 15 is 0 Å². The Morgan fingerprint density at radius 3 is 2.81 bits per heavy atom. The van der Waals surface area contributed by atoms with Crippen molar-refractivity contribution in [3.8, 4) is 0 Å². The van der Waals surface area contributed by atoms with Gasteiger partial charge in [-0.3, -0.25) is 23.0 Å². The number of aromatic nitrogens is 6. The summed E-state index contributed by atoms with van der Waals surface area (Å²) in [4.78, 5) is 29.9. The van der Waals surface area contributed by atoms with Crippen LogP contribution in [0, 0.1) is 0 Å². The molecule has 0 bridgehead atoms. The van der Waals surface area contributed by atoms with Crippen molar-refractivity contribution in [2.45, 2.75) is 17.5 Å². The summed E-state index contributed by atoms with van der Waals surface area (Å²) in [5.74, 6) is 0.875. The molecule has 154 valence electrons. The summed E-state index contributed by atoms with van der Waals surface area (Å²) in [6.07, 6.45) is 3.35. The van der Waals surface area contributed by atoms with Gasteiger partial charge in [-0.25, -0.2) is 4.98 Å². The molecule has 0 spiro atoms. The molecular weight excluding hydrogens is 480 g/mol. The SMILES string of the molecule is C=CCn1c(=O)c2ccccc2n2c(SCc3cc(=O)n4cc(Br)ccc4n3)nnc12. The van der Waals surface area contributed by atoms with Crippen LogP contribution in [0.2, 0.25) is 0 Å². The Balaban J connectivity index is 1.60. The highest BCUT2D eigenvalue weighted by molar-refractivity contribution is 9.10. The van der Waals surface area contributed by atoms with Crippen LogP contribution in [-0.4, -0.2) is 28.5 Å². The Morgan fingerprint density at radius 1 is 1.13 bits per heavy atom. The molecule has 8 nitrogen and oxygen atoms in total. The molecule has 0 atom stereocenters. The highest BCUT2D eigenvalue weighted by atomic mass is 79.9. The first-order chi connectivity index (χ1) is 15.1. The van der Waals surface area contributed by atoms with Gasteiger partial charge >= 0.3 is 0 Å². The fourth-order valence-electron chi connectivity index (χ4n) is 3.46. The van der Waals surface area contributed by atoms with Crippen LogP contribution in [0.1, 0.15) is 5.69 Å². The standard InChI is InChI=1S/C21H15BrN6O2S/c1-2-9-26-19(30)15-5-3-4-6-16(15)28-20(26)24-25-21(28)31-12-14-10-18(29)27-11-13(22)7-8-17(27)23-14/h2-8,10-11H,1,9,12H2. The van der Waals surface area contributed by atoms with Crippen LogP contribution in [0.3, 0.4) is 0 Å². The van der Waals surface area contributed by atoms with Gasteiger partial charge in [0, 0.05) is 29.0 Å². The largest absolute Gasteiger partial charge is 0.272 e. The highest BCUT2D eigenvalue weighted by Gasteiger charge is 2.16. The average Bonchev–Trinajstić information content (AvgIpc) is 3.20. The van der Waals surface area contributed by atoms with Crippen molar-refractivity contribution in [2.24, 2.45) is 0 Å². The van der Waals surface area contributed by atoms with Crippen molar-refractivity contribution in [1.29, 1.82) is 0 Å². The monoisotopic (exact) mass is 494 g/mol. The van der Waals surface area contributed by atoms with E-state index in [1.807, 2.05) is 28.7 Å². The third-order valence-electron chi connectivity index (χ3n) is 4.82. The second-order valence-electron chi connectivity index (χ2n) is 6.79. The van der Waals surface area contributed by atoms with E-state index in [0.29, 0.717) is 40.0 Å². The lowest BCUT2D eigenvalue weighted by Gasteiger charge is -2.09. The first-order valence-corrected chi connectivity index (χ1v) is 11.1. The third-order valence-corrected chi connectivity index (χ3v) is 6.25. The number of nitrogens with zero attached hydrogens (tertiary/aromatic N) is 6. The highest BCUT2D eigenvalue weighted by Crippen LogP contribution is 2.24. The predicted octanol–water partition coefficient (Wildman–Crippen LogP) is 3.29. The molecule has 4 heterocycles. The van der Waals surface area contributed by atoms with Gasteiger partial charge in [-0.1, -0.05) is 30.0 Å². The number of halogens is 1. The van der Waals surface area contributed by atoms with Crippen molar-refractivity contribution in [3.05, 3.63) is 92.2 Å². The molecule has 5 rings (SSSR count). The Kier molecular flexibility index (Phi) is 4.95. The summed E-state index contributed by atoms with van der Waals surface area (Å²) in [6, 6.07) is 12.5. The van der Waals surface area contributed by atoms with E-state index in [2.05, 4.69) is 37.7 Å². The zero-order valence-electron chi connectivity index (χ0n) is 16.1. The summed E-state index contributed by atoms with van der Waals surface area (Å²) in [5, 5.41) is 9.75. The van der Waals surface area contributed by atoms with Crippen LogP contribution < -0.4 is 11.1 Å². The molecule has 0 N–H and O–H groups in total. The van der Waals surface area contributed by atoms with Gasteiger partial charge in [-0.15, -0.1) is 16.8 Å². The molecule has 31 heavy (non-hydrogen) atoms. The molecule has 0 fully saturated rings. The van der Waals surface area contributed by atoms with E-state index in [-0.39, 0.29) is 11.1 Å². The van der Waals surface area contributed by atoms with Crippen LogP contribution in [0.4, 0.5) is 0 Å². The fourth-order valence-corrected chi connectivity index (χ4v) is 4.63. The molecule has 0 radical (unpaired) electrons. The van der Waals surface area contributed by atoms with Crippen LogP contribution in [-0.2, 0) is 12.3 Å². The van der Waals surface area contributed by atoms with E-state index in [0.717, 1.165) is 9.99 Å². The van der Waals surface area contributed by atoms with Gasteiger partial charge in [-0.2, -0.15) is 0 Å². The minimum Gasteiger partial charge on any atom is -0.272 e. The summed E-state index contributed by atoms with van der Waals surface area (Å²) >= 11 is 4.77. The van der Waals surface area contributed by atoms with E-state index in [1.165, 1.54) is 22.2 Å². The minimum absolute atomic E-state index is 0.137. The molecule has 4 aromatic heterocycles. The Morgan fingerprint density at radius 2 is 1.97 bits per heavy atom. The topological polar surface area (TPSA) is 86.6 Å². The molecule has 0 aliphatic heterocycles. The van der Waals surface area contributed by atoms with E-state index in [9.17, 15) is 9.59 Å². The normalized spacial score (nSPS) is 11.5. The second kappa shape index (κ2) is 7.78. The molecule has 10 heteroatoms. The van der Waals surface area contributed by atoms with Crippen molar-refractivity contribution < 1.29 is 0 Å². The van der Waals surface area contributed by atoms with Crippen LogP contribution in [0.5, 0.6) is 0 Å². The molecule has 0 amide bonds. The number of thioether (sulfide) groups is 1. The predicted molar refractivity (Wildman–Crippen MR) is 124 cm³/mol. The molecular formula is C21H15BrN6O2S. The van der Waals surface area contributed by atoms with Crippen LogP contribution in [0.25, 0.3) is 22.3 Å². The third kappa shape index (κ3) is 3.37. The first-order valence-electron chi connectivity index (χ1n) is 9.35. The van der Waals surface area contributed by atoms with Gasteiger partial charge in [0.1, 0.15) is 5.65 Å². The number of pyridine rings is 1. The molecule has 0 aliphatic carbocycles. The number of hydrogen-bond acceptors (Lipinski definition) is 6. The van der Waals surface area contributed by atoms with Gasteiger partial charge in [0.15, 0.2) is 5.16 Å². The molecule has 0 unspecified atom stereocenters. The van der Waals surface area contributed by atoms with Crippen molar-refractivity contribution in [2.75, 3.05) is 0 Å². The molecule has 1 aromatic carbocycles. The maximum atomic E-state index is 12.9. The lowest BCUT2D eigenvalue weighted by atomic mass is 10.2. The first kappa shape index (κ1) is 19.7. The number of benzene rings is 1. The number of rotatable bonds is 5. The maximum Gasteiger partial charge on any atom is 0.263 e. The lowest BCUT2D eigenvalue weighted by Crippen LogP contribution is -2.22. The number of fused-ring (bicyclic) bond motifs is 4. The Bertz CT molecular complexity index is 1600. The second-order valence-corrected chi connectivity index (χ2v) is 8.65. The van der Waals surface area contributed by atoms with E-state index < -0.39 is 0 Å². The van der Waals surface area contributed by atoms with Gasteiger partial charge < -0.3 is 0 Å². The molecule has 0 saturated heterocycles. The summed E-state index contributed by atoms with van der Waals surface area (Å²) in [6.45, 7) is 4.07.